The van der Waals surface area contributed by atoms with E-state index in [2.05, 4.69) is 47.0 Å². The largest absolute Gasteiger partial charge is 0.477 e. The Hall–Kier alpha value is -2.86. The number of H-pyrrole nitrogens is 1. The first-order chi connectivity index (χ1) is 13.0. The van der Waals surface area contributed by atoms with E-state index in [1.165, 1.54) is 22.8 Å². The maximum Gasteiger partial charge on any atom is 0.341 e. The molecule has 6 heteroatoms. The van der Waals surface area contributed by atoms with Crippen LogP contribution in [-0.4, -0.2) is 27.2 Å². The van der Waals surface area contributed by atoms with Crippen molar-refractivity contribution in [1.29, 1.82) is 0 Å². The van der Waals surface area contributed by atoms with E-state index in [-0.39, 0.29) is 5.56 Å². The van der Waals surface area contributed by atoms with Crippen LogP contribution in [0.15, 0.2) is 29.1 Å². The van der Waals surface area contributed by atoms with Crippen molar-refractivity contribution in [3.63, 3.8) is 0 Å². The molecule has 0 aliphatic heterocycles. The predicted molar refractivity (Wildman–Crippen MR) is 105 cm³/mol. The van der Waals surface area contributed by atoms with Crippen LogP contribution in [0.3, 0.4) is 0 Å². The molecule has 0 unspecified atom stereocenters. The number of rotatable bonds is 4. The van der Waals surface area contributed by atoms with Gasteiger partial charge < -0.3 is 20.0 Å². The molecule has 4 rings (SSSR count). The van der Waals surface area contributed by atoms with Gasteiger partial charge >= 0.3 is 5.97 Å². The first-order valence-corrected chi connectivity index (χ1v) is 9.31. The van der Waals surface area contributed by atoms with Crippen molar-refractivity contribution in [2.24, 2.45) is 7.05 Å². The highest BCUT2D eigenvalue weighted by atomic mass is 16.4. The molecule has 0 spiro atoms. The smallest absolute Gasteiger partial charge is 0.341 e. The standard InChI is InChI=1S/C21H23N3O3/c1-3-22-11-15-7-14-9-16-12(10-18(14)24(15)2)5-4-6-13-8-17(21(26)27)20(25)23-19(13)16/h7-10,22H,3-6,11H2,1-2H3,(H,23,25)(H,26,27). The normalized spacial score (nSPS) is 13.3. The molecule has 2 aromatic heterocycles. The molecular formula is C21H23N3O3. The summed E-state index contributed by atoms with van der Waals surface area (Å²) in [5.74, 6) is -1.19. The van der Waals surface area contributed by atoms with Crippen LogP contribution in [0.4, 0.5) is 0 Å². The summed E-state index contributed by atoms with van der Waals surface area (Å²) in [5, 5.41) is 13.7. The van der Waals surface area contributed by atoms with Gasteiger partial charge in [0.2, 0.25) is 0 Å². The number of fused-ring (bicyclic) bond motifs is 4. The van der Waals surface area contributed by atoms with Crippen LogP contribution in [0.25, 0.3) is 22.2 Å². The molecule has 0 saturated heterocycles. The fraction of sp³-hybridized carbons (Fsp3) is 0.333. The Balaban J connectivity index is 1.91. The number of hydrogen-bond acceptors (Lipinski definition) is 3. The van der Waals surface area contributed by atoms with Crippen LogP contribution in [0, 0.1) is 0 Å². The average Bonchev–Trinajstić information content (AvgIpc) is 2.83. The van der Waals surface area contributed by atoms with Crippen molar-refractivity contribution in [3.8, 4) is 11.3 Å². The van der Waals surface area contributed by atoms with E-state index in [1.54, 1.807) is 0 Å². The third-order valence-corrected chi connectivity index (χ3v) is 5.44. The Morgan fingerprint density at radius 2 is 2.00 bits per heavy atom. The number of carboxylic acid groups (broad SMARTS) is 1. The molecule has 3 aromatic rings. The monoisotopic (exact) mass is 365 g/mol. The van der Waals surface area contributed by atoms with Crippen LogP contribution in [0.1, 0.15) is 40.5 Å². The number of aromatic nitrogens is 2. The molecule has 3 N–H and O–H groups in total. The van der Waals surface area contributed by atoms with Crippen molar-refractivity contribution >= 4 is 16.9 Å². The number of aromatic carboxylic acids is 1. The molecular weight excluding hydrogens is 342 g/mol. The maximum atomic E-state index is 12.2. The minimum Gasteiger partial charge on any atom is -0.477 e. The second-order valence-electron chi connectivity index (χ2n) is 7.11. The quantitative estimate of drug-likeness (QED) is 0.663. The molecule has 1 aromatic carbocycles. The summed E-state index contributed by atoms with van der Waals surface area (Å²) in [7, 11) is 2.08. The van der Waals surface area contributed by atoms with Crippen LogP contribution in [-0.2, 0) is 26.4 Å². The first-order valence-electron chi connectivity index (χ1n) is 9.31. The Labute approximate surface area is 156 Å². The van der Waals surface area contributed by atoms with Crippen LogP contribution < -0.4 is 10.9 Å². The molecule has 6 nitrogen and oxygen atoms in total. The van der Waals surface area contributed by atoms with Gasteiger partial charge in [0.1, 0.15) is 5.56 Å². The van der Waals surface area contributed by atoms with Gasteiger partial charge in [-0.25, -0.2) is 4.79 Å². The highest BCUT2D eigenvalue weighted by molar-refractivity contribution is 5.90. The molecule has 0 bridgehead atoms. The summed E-state index contributed by atoms with van der Waals surface area (Å²) in [5.41, 5.74) is 5.50. The number of aryl methyl sites for hydroxylation is 3. The van der Waals surface area contributed by atoms with Gasteiger partial charge in [-0.3, -0.25) is 4.79 Å². The summed E-state index contributed by atoms with van der Waals surface area (Å²) in [4.78, 5) is 26.4. The van der Waals surface area contributed by atoms with Gasteiger partial charge in [0.15, 0.2) is 0 Å². The Morgan fingerprint density at radius 1 is 1.22 bits per heavy atom. The molecule has 0 amide bonds. The molecule has 27 heavy (non-hydrogen) atoms. The van der Waals surface area contributed by atoms with E-state index >= 15 is 0 Å². The van der Waals surface area contributed by atoms with Crippen molar-refractivity contribution in [3.05, 3.63) is 57.0 Å². The lowest BCUT2D eigenvalue weighted by Gasteiger charge is -2.11. The van der Waals surface area contributed by atoms with Gasteiger partial charge in [-0.2, -0.15) is 0 Å². The SMILES string of the molecule is CCNCc1cc2cc3c(cc2n1C)CCCc1cc(C(=O)O)c(=O)[nH]c1-3. The third-order valence-electron chi connectivity index (χ3n) is 5.44. The van der Waals surface area contributed by atoms with Crippen molar-refractivity contribution in [2.75, 3.05) is 6.54 Å². The second-order valence-corrected chi connectivity index (χ2v) is 7.11. The number of pyridine rings is 1. The molecule has 0 fully saturated rings. The molecule has 2 heterocycles. The summed E-state index contributed by atoms with van der Waals surface area (Å²) in [6.45, 7) is 3.81. The number of hydrogen-bond donors (Lipinski definition) is 3. The fourth-order valence-electron chi connectivity index (χ4n) is 3.99. The van der Waals surface area contributed by atoms with Crippen LogP contribution >= 0.6 is 0 Å². The van der Waals surface area contributed by atoms with Gasteiger partial charge in [-0.1, -0.05) is 6.92 Å². The van der Waals surface area contributed by atoms with Crippen molar-refractivity contribution < 1.29 is 9.90 Å². The summed E-state index contributed by atoms with van der Waals surface area (Å²) in [6, 6.07) is 8.04. The topological polar surface area (TPSA) is 87.1 Å². The minimum absolute atomic E-state index is 0.189. The maximum absolute atomic E-state index is 12.2. The van der Waals surface area contributed by atoms with E-state index in [0.717, 1.165) is 54.6 Å². The fourth-order valence-corrected chi connectivity index (χ4v) is 3.99. The second kappa shape index (κ2) is 6.70. The molecule has 0 atom stereocenters. The molecule has 1 aliphatic rings. The Morgan fingerprint density at radius 3 is 2.74 bits per heavy atom. The van der Waals surface area contributed by atoms with Crippen molar-refractivity contribution in [1.82, 2.24) is 14.9 Å². The zero-order valence-corrected chi connectivity index (χ0v) is 15.6. The molecule has 0 radical (unpaired) electrons. The lowest BCUT2D eigenvalue weighted by Crippen LogP contribution is -2.19. The highest BCUT2D eigenvalue weighted by Crippen LogP contribution is 2.34. The van der Waals surface area contributed by atoms with Gasteiger partial charge in [-0.15, -0.1) is 0 Å². The third kappa shape index (κ3) is 2.96. The molecule has 1 aliphatic carbocycles. The molecule has 0 saturated carbocycles. The summed E-state index contributed by atoms with van der Waals surface area (Å²) < 4.78 is 2.21. The number of benzene rings is 1. The van der Waals surface area contributed by atoms with E-state index in [9.17, 15) is 14.7 Å². The number of aromatic amines is 1. The average molecular weight is 365 g/mol. The van der Waals surface area contributed by atoms with E-state index in [4.69, 9.17) is 0 Å². The van der Waals surface area contributed by atoms with Gasteiger partial charge in [-0.05, 0) is 61.2 Å². The number of carbonyl (C=O) groups is 1. The van der Waals surface area contributed by atoms with Crippen LogP contribution in [0.2, 0.25) is 0 Å². The van der Waals surface area contributed by atoms with E-state index in [0.29, 0.717) is 0 Å². The lowest BCUT2D eigenvalue weighted by molar-refractivity contribution is 0.0695. The summed E-state index contributed by atoms with van der Waals surface area (Å²) in [6.07, 6.45) is 2.58. The number of carboxylic acids is 1. The molecule has 140 valence electrons. The minimum atomic E-state index is -1.19. The zero-order valence-electron chi connectivity index (χ0n) is 15.6. The number of nitrogens with zero attached hydrogens (tertiary/aromatic N) is 1. The summed E-state index contributed by atoms with van der Waals surface area (Å²) >= 11 is 0. The van der Waals surface area contributed by atoms with E-state index < -0.39 is 11.5 Å². The predicted octanol–water partition coefficient (Wildman–Crippen LogP) is 2.83. The van der Waals surface area contributed by atoms with Gasteiger partial charge in [0, 0.05) is 35.8 Å². The van der Waals surface area contributed by atoms with Crippen LogP contribution in [0.5, 0.6) is 0 Å². The van der Waals surface area contributed by atoms with E-state index in [1.807, 2.05) is 0 Å². The Kier molecular flexibility index (Phi) is 4.36. The zero-order chi connectivity index (χ0) is 19.1. The number of nitrogens with one attached hydrogen (secondary N) is 2. The first kappa shape index (κ1) is 17.5. The van der Waals surface area contributed by atoms with Gasteiger partial charge in [0.05, 0.1) is 5.69 Å². The highest BCUT2D eigenvalue weighted by Gasteiger charge is 2.21. The van der Waals surface area contributed by atoms with Crippen molar-refractivity contribution in [2.45, 2.75) is 32.7 Å². The Bertz CT molecular complexity index is 1110. The lowest BCUT2D eigenvalue weighted by atomic mass is 9.99. The van der Waals surface area contributed by atoms with Gasteiger partial charge in [0.25, 0.3) is 5.56 Å².